The molecule has 0 aliphatic carbocycles. The molecule has 0 unspecified atom stereocenters. The van der Waals surface area contributed by atoms with Gasteiger partial charge in [-0.1, -0.05) is 23.7 Å². The first-order chi connectivity index (χ1) is 7.78. The SMILES string of the molecule is Bc1ccc(C)c(CNC(=O)OC(C)(C)C)c1. The molecule has 3 nitrogen and oxygen atoms in total. The van der Waals surface area contributed by atoms with Gasteiger partial charge in [0.05, 0.1) is 0 Å². The summed E-state index contributed by atoms with van der Waals surface area (Å²) >= 11 is 0. The Bertz CT molecular complexity index is 410. The minimum absolute atomic E-state index is 0.376. The summed E-state index contributed by atoms with van der Waals surface area (Å²) in [5.74, 6) is 0. The molecule has 17 heavy (non-hydrogen) atoms. The van der Waals surface area contributed by atoms with E-state index in [1.54, 1.807) is 0 Å². The fraction of sp³-hybridized carbons (Fsp3) is 0.462. The zero-order chi connectivity index (χ0) is 13.1. The molecule has 0 bridgehead atoms. The Balaban J connectivity index is 2.56. The van der Waals surface area contributed by atoms with E-state index in [1.807, 2.05) is 35.5 Å². The second-order valence-electron chi connectivity index (χ2n) is 5.29. The van der Waals surface area contributed by atoms with Gasteiger partial charge in [0.1, 0.15) is 13.4 Å². The van der Waals surface area contributed by atoms with Crippen molar-refractivity contribution in [3.8, 4) is 0 Å². The molecular formula is C13H20BNO2. The van der Waals surface area contributed by atoms with E-state index < -0.39 is 5.60 Å². The van der Waals surface area contributed by atoms with Crippen LogP contribution in [0.4, 0.5) is 4.79 Å². The second-order valence-corrected chi connectivity index (χ2v) is 5.29. The first kappa shape index (κ1) is 13.6. The van der Waals surface area contributed by atoms with Crippen LogP contribution < -0.4 is 10.8 Å². The van der Waals surface area contributed by atoms with Crippen LogP contribution in [-0.2, 0) is 11.3 Å². The van der Waals surface area contributed by atoms with E-state index in [1.165, 1.54) is 11.0 Å². The summed E-state index contributed by atoms with van der Waals surface area (Å²) in [6.07, 6.45) is -0.376. The largest absolute Gasteiger partial charge is 0.444 e. The van der Waals surface area contributed by atoms with Gasteiger partial charge in [-0.15, -0.1) is 0 Å². The first-order valence-corrected chi connectivity index (χ1v) is 5.81. The summed E-state index contributed by atoms with van der Waals surface area (Å²) in [6, 6.07) is 6.19. The zero-order valence-electron chi connectivity index (χ0n) is 11.3. The van der Waals surface area contributed by atoms with Crippen molar-refractivity contribution < 1.29 is 9.53 Å². The van der Waals surface area contributed by atoms with Crippen molar-refractivity contribution in [3.05, 3.63) is 29.3 Å². The molecule has 1 aromatic rings. The molecule has 0 atom stereocenters. The molecule has 0 heterocycles. The molecule has 1 amide bonds. The van der Waals surface area contributed by atoms with Crippen molar-refractivity contribution in [2.24, 2.45) is 0 Å². The number of carbonyl (C=O) groups is 1. The molecule has 0 aliphatic rings. The summed E-state index contributed by atoms with van der Waals surface area (Å²) in [5, 5.41) is 2.76. The second kappa shape index (κ2) is 5.26. The lowest BCUT2D eigenvalue weighted by Gasteiger charge is -2.20. The molecule has 0 saturated heterocycles. The van der Waals surface area contributed by atoms with Crippen LogP contribution in [-0.4, -0.2) is 19.5 Å². The third-order valence-electron chi connectivity index (χ3n) is 2.33. The van der Waals surface area contributed by atoms with Crippen LogP contribution in [0.25, 0.3) is 0 Å². The number of hydrogen-bond donors (Lipinski definition) is 1. The molecule has 0 radical (unpaired) electrons. The van der Waals surface area contributed by atoms with E-state index in [4.69, 9.17) is 4.74 Å². The van der Waals surface area contributed by atoms with E-state index in [2.05, 4.69) is 23.5 Å². The van der Waals surface area contributed by atoms with Gasteiger partial charge in [0.25, 0.3) is 0 Å². The Hall–Kier alpha value is -1.45. The first-order valence-electron chi connectivity index (χ1n) is 5.81. The van der Waals surface area contributed by atoms with Gasteiger partial charge in [-0.25, -0.2) is 4.79 Å². The summed E-state index contributed by atoms with van der Waals surface area (Å²) in [5.41, 5.74) is 3.03. The van der Waals surface area contributed by atoms with Crippen LogP contribution in [0.2, 0.25) is 0 Å². The lowest BCUT2D eigenvalue weighted by atomic mass is 9.92. The van der Waals surface area contributed by atoms with Gasteiger partial charge in [0, 0.05) is 6.54 Å². The number of benzene rings is 1. The molecule has 4 heteroatoms. The third kappa shape index (κ3) is 4.94. The van der Waals surface area contributed by atoms with Crippen LogP contribution in [0.5, 0.6) is 0 Å². The van der Waals surface area contributed by atoms with Crippen molar-refractivity contribution in [1.29, 1.82) is 0 Å². The number of rotatable bonds is 2. The molecule has 1 N–H and O–H groups in total. The minimum atomic E-state index is -0.453. The summed E-state index contributed by atoms with van der Waals surface area (Å²) < 4.78 is 5.18. The van der Waals surface area contributed by atoms with Gasteiger partial charge in [0.2, 0.25) is 0 Å². The maximum Gasteiger partial charge on any atom is 0.407 e. The highest BCUT2D eigenvalue weighted by Gasteiger charge is 2.15. The van der Waals surface area contributed by atoms with Crippen molar-refractivity contribution in [2.45, 2.75) is 39.8 Å². The van der Waals surface area contributed by atoms with E-state index in [-0.39, 0.29) is 6.09 Å². The summed E-state index contributed by atoms with van der Waals surface area (Å²) in [4.78, 5) is 11.5. The Morgan fingerprint density at radius 2 is 2.06 bits per heavy atom. The molecule has 0 saturated carbocycles. The van der Waals surface area contributed by atoms with Crippen LogP contribution in [0.15, 0.2) is 18.2 Å². The Labute approximate surface area is 104 Å². The lowest BCUT2D eigenvalue weighted by molar-refractivity contribution is 0.0523. The monoisotopic (exact) mass is 233 g/mol. The summed E-state index contributed by atoms with van der Waals surface area (Å²) in [6.45, 7) is 8.09. The highest BCUT2D eigenvalue weighted by molar-refractivity contribution is 6.32. The Morgan fingerprint density at radius 3 is 2.65 bits per heavy atom. The number of ether oxygens (including phenoxy) is 1. The van der Waals surface area contributed by atoms with Crippen LogP contribution in [0, 0.1) is 6.92 Å². The number of carbonyl (C=O) groups excluding carboxylic acids is 1. The minimum Gasteiger partial charge on any atom is -0.444 e. The van der Waals surface area contributed by atoms with Gasteiger partial charge < -0.3 is 10.1 Å². The quantitative estimate of drug-likeness (QED) is 0.781. The molecule has 1 aromatic carbocycles. The molecule has 0 aromatic heterocycles. The number of hydrogen-bond acceptors (Lipinski definition) is 2. The number of nitrogens with one attached hydrogen (secondary N) is 1. The topological polar surface area (TPSA) is 38.3 Å². The average Bonchev–Trinajstić information content (AvgIpc) is 2.17. The molecule has 0 fully saturated rings. The summed E-state index contributed by atoms with van der Waals surface area (Å²) in [7, 11) is 2.04. The van der Waals surface area contributed by atoms with E-state index in [0.717, 1.165) is 5.56 Å². The number of amides is 1. The van der Waals surface area contributed by atoms with Gasteiger partial charge in [-0.3, -0.25) is 0 Å². The number of alkyl carbamates (subject to hydrolysis) is 1. The van der Waals surface area contributed by atoms with Gasteiger partial charge in [-0.05, 0) is 38.8 Å². The standard InChI is InChI=1S/C13H20BNO2/c1-9-5-6-11(14)7-10(9)8-15-12(16)17-13(2,3)4/h5-7H,8,14H2,1-4H3,(H,15,16). The normalized spacial score (nSPS) is 11.1. The smallest absolute Gasteiger partial charge is 0.407 e. The maximum absolute atomic E-state index is 11.5. The predicted molar refractivity (Wildman–Crippen MR) is 72.4 cm³/mol. The molecule has 92 valence electrons. The Morgan fingerprint density at radius 1 is 1.41 bits per heavy atom. The van der Waals surface area contributed by atoms with E-state index in [0.29, 0.717) is 6.54 Å². The van der Waals surface area contributed by atoms with Gasteiger partial charge in [-0.2, -0.15) is 0 Å². The van der Waals surface area contributed by atoms with E-state index >= 15 is 0 Å². The zero-order valence-corrected chi connectivity index (χ0v) is 11.3. The average molecular weight is 233 g/mol. The lowest BCUT2D eigenvalue weighted by Crippen LogP contribution is -2.32. The van der Waals surface area contributed by atoms with E-state index in [9.17, 15) is 4.79 Å². The van der Waals surface area contributed by atoms with Crippen molar-refractivity contribution in [3.63, 3.8) is 0 Å². The van der Waals surface area contributed by atoms with Crippen molar-refractivity contribution in [2.75, 3.05) is 0 Å². The molecule has 1 rings (SSSR count). The van der Waals surface area contributed by atoms with Crippen molar-refractivity contribution in [1.82, 2.24) is 5.32 Å². The fourth-order valence-electron chi connectivity index (χ4n) is 1.47. The molecule has 0 aliphatic heterocycles. The van der Waals surface area contributed by atoms with Gasteiger partial charge >= 0.3 is 6.09 Å². The highest BCUT2D eigenvalue weighted by atomic mass is 16.6. The number of aryl methyl sites for hydroxylation is 1. The van der Waals surface area contributed by atoms with Crippen LogP contribution >= 0.6 is 0 Å². The van der Waals surface area contributed by atoms with Crippen molar-refractivity contribution >= 4 is 19.4 Å². The fourth-order valence-corrected chi connectivity index (χ4v) is 1.47. The highest BCUT2D eigenvalue weighted by Crippen LogP contribution is 2.08. The maximum atomic E-state index is 11.5. The van der Waals surface area contributed by atoms with Gasteiger partial charge in [0.15, 0.2) is 0 Å². The van der Waals surface area contributed by atoms with Crippen LogP contribution in [0.3, 0.4) is 0 Å². The Kier molecular flexibility index (Phi) is 4.21. The third-order valence-corrected chi connectivity index (χ3v) is 2.33. The molecular weight excluding hydrogens is 213 g/mol. The predicted octanol–water partition coefficient (Wildman–Crippen LogP) is 1.28. The van der Waals surface area contributed by atoms with Crippen LogP contribution in [0.1, 0.15) is 31.9 Å². The molecule has 0 spiro atoms.